The highest BCUT2D eigenvalue weighted by Crippen LogP contribution is 2.21. The van der Waals surface area contributed by atoms with E-state index >= 15 is 0 Å². The maximum Gasteiger partial charge on any atom is 0.113 e. The molecule has 136 valence electrons. The number of unbranched alkanes of at least 4 members (excludes halogenated alkanes) is 1. The van der Waals surface area contributed by atoms with E-state index in [9.17, 15) is 0 Å². The highest BCUT2D eigenvalue weighted by Gasteiger charge is 2.17. The number of aryl methyl sites for hydroxylation is 1. The van der Waals surface area contributed by atoms with Gasteiger partial charge < -0.3 is 4.90 Å². The molecule has 0 atom stereocenters. The van der Waals surface area contributed by atoms with E-state index in [1.54, 1.807) is 0 Å². The van der Waals surface area contributed by atoms with Crippen molar-refractivity contribution in [2.75, 3.05) is 37.6 Å². The predicted octanol–water partition coefficient (Wildman–Crippen LogP) is 3.69. The quantitative estimate of drug-likeness (QED) is 0.621. The summed E-state index contributed by atoms with van der Waals surface area (Å²) in [7, 11) is 0. The molecule has 1 aliphatic rings. The highest BCUT2D eigenvalue weighted by molar-refractivity contribution is 6.30. The molecule has 5 nitrogen and oxygen atoms in total. The maximum absolute atomic E-state index is 6.11. The smallest absolute Gasteiger partial charge is 0.113 e. The topological polar surface area (TPSA) is 37.2 Å². The maximum atomic E-state index is 6.11. The van der Waals surface area contributed by atoms with E-state index in [-0.39, 0.29) is 0 Å². The summed E-state index contributed by atoms with van der Waals surface area (Å²) in [5.41, 5.74) is 3.34. The first-order valence-electron chi connectivity index (χ1n) is 9.31. The zero-order valence-electron chi connectivity index (χ0n) is 14.9. The number of fused-ring (bicyclic) bond motifs is 1. The molecule has 1 saturated heterocycles. The first-order chi connectivity index (χ1) is 12.8. The summed E-state index contributed by atoms with van der Waals surface area (Å²) >= 11 is 6.11. The predicted molar refractivity (Wildman–Crippen MR) is 107 cm³/mol. The summed E-state index contributed by atoms with van der Waals surface area (Å²) in [5, 5.41) is 9.29. The van der Waals surface area contributed by atoms with Gasteiger partial charge in [-0.15, -0.1) is 5.10 Å². The van der Waals surface area contributed by atoms with Crippen LogP contribution in [0, 0.1) is 0 Å². The van der Waals surface area contributed by atoms with Gasteiger partial charge in [0.25, 0.3) is 0 Å². The van der Waals surface area contributed by atoms with Crippen molar-refractivity contribution in [3.8, 4) is 0 Å². The Bertz CT molecular complexity index is 854. The Morgan fingerprint density at radius 1 is 0.885 bits per heavy atom. The standard InChI is InChI=1S/C20H24ClN5/c21-17-6-5-7-18(16-17)25-14-12-24(13-15-25)10-3-4-11-26-20-9-2-1-8-19(20)22-23-26/h1-2,5-9,16H,3-4,10-15H2. The third-order valence-corrected chi connectivity index (χ3v) is 5.30. The van der Waals surface area contributed by atoms with Crippen LogP contribution in [0.25, 0.3) is 11.0 Å². The minimum absolute atomic E-state index is 0.811. The molecule has 1 fully saturated rings. The molecule has 6 heteroatoms. The zero-order valence-corrected chi connectivity index (χ0v) is 15.6. The molecule has 26 heavy (non-hydrogen) atoms. The van der Waals surface area contributed by atoms with Crippen molar-refractivity contribution in [1.82, 2.24) is 19.9 Å². The molecule has 0 unspecified atom stereocenters. The lowest BCUT2D eigenvalue weighted by Gasteiger charge is -2.36. The van der Waals surface area contributed by atoms with Gasteiger partial charge in [-0.3, -0.25) is 4.90 Å². The highest BCUT2D eigenvalue weighted by atomic mass is 35.5. The van der Waals surface area contributed by atoms with E-state index in [4.69, 9.17) is 11.6 Å². The van der Waals surface area contributed by atoms with E-state index in [0.29, 0.717) is 0 Å². The van der Waals surface area contributed by atoms with Crippen molar-refractivity contribution < 1.29 is 0 Å². The number of halogens is 1. The van der Waals surface area contributed by atoms with Gasteiger partial charge in [0.15, 0.2) is 0 Å². The number of benzene rings is 2. The molecule has 0 spiro atoms. The van der Waals surface area contributed by atoms with Crippen LogP contribution < -0.4 is 4.90 Å². The molecule has 0 bridgehead atoms. The van der Waals surface area contributed by atoms with Gasteiger partial charge in [-0.05, 0) is 49.7 Å². The summed E-state index contributed by atoms with van der Waals surface area (Å²) < 4.78 is 2.02. The number of rotatable bonds is 6. The van der Waals surface area contributed by atoms with Crippen LogP contribution in [-0.2, 0) is 6.54 Å². The van der Waals surface area contributed by atoms with Crippen LogP contribution in [0.5, 0.6) is 0 Å². The molecular weight excluding hydrogens is 346 g/mol. The normalized spacial score (nSPS) is 15.7. The van der Waals surface area contributed by atoms with Crippen LogP contribution >= 0.6 is 11.6 Å². The van der Waals surface area contributed by atoms with Crippen LogP contribution in [-0.4, -0.2) is 52.6 Å². The molecule has 0 aliphatic carbocycles. The lowest BCUT2D eigenvalue weighted by Crippen LogP contribution is -2.46. The van der Waals surface area contributed by atoms with E-state index in [1.807, 2.05) is 35.0 Å². The second-order valence-electron chi connectivity index (χ2n) is 6.82. The fraction of sp³-hybridized carbons (Fsp3) is 0.400. The van der Waals surface area contributed by atoms with Crippen molar-refractivity contribution >= 4 is 28.3 Å². The molecular formula is C20H24ClN5. The van der Waals surface area contributed by atoms with Crippen molar-refractivity contribution in [3.05, 3.63) is 53.6 Å². The minimum atomic E-state index is 0.811. The van der Waals surface area contributed by atoms with Crippen molar-refractivity contribution in [2.45, 2.75) is 19.4 Å². The second kappa shape index (κ2) is 8.06. The Kier molecular flexibility index (Phi) is 5.37. The van der Waals surface area contributed by atoms with Crippen LogP contribution in [0.4, 0.5) is 5.69 Å². The second-order valence-corrected chi connectivity index (χ2v) is 7.25. The third-order valence-electron chi connectivity index (χ3n) is 5.06. The van der Waals surface area contributed by atoms with Gasteiger partial charge in [0.2, 0.25) is 0 Å². The Morgan fingerprint density at radius 2 is 1.69 bits per heavy atom. The fourth-order valence-corrected chi connectivity index (χ4v) is 3.77. The van der Waals surface area contributed by atoms with Gasteiger partial charge in [-0.1, -0.05) is 35.0 Å². The first kappa shape index (κ1) is 17.3. The summed E-state index contributed by atoms with van der Waals surface area (Å²) in [4.78, 5) is 4.98. The molecule has 0 saturated carbocycles. The number of hydrogen-bond donors (Lipinski definition) is 0. The summed E-state index contributed by atoms with van der Waals surface area (Å²) in [5.74, 6) is 0. The monoisotopic (exact) mass is 369 g/mol. The van der Waals surface area contributed by atoms with Gasteiger partial charge in [-0.25, -0.2) is 4.68 Å². The Hall–Kier alpha value is -2.11. The third kappa shape index (κ3) is 4.00. The number of para-hydroxylation sites is 1. The van der Waals surface area contributed by atoms with Crippen molar-refractivity contribution in [2.24, 2.45) is 0 Å². The van der Waals surface area contributed by atoms with Crippen molar-refractivity contribution in [3.63, 3.8) is 0 Å². The molecule has 0 N–H and O–H groups in total. The summed E-state index contributed by atoms with van der Waals surface area (Å²) in [6.45, 7) is 6.43. The molecule has 4 rings (SSSR count). The van der Waals surface area contributed by atoms with Crippen molar-refractivity contribution in [1.29, 1.82) is 0 Å². The zero-order chi connectivity index (χ0) is 17.8. The lowest BCUT2D eigenvalue weighted by molar-refractivity contribution is 0.251. The average Bonchev–Trinajstić information content (AvgIpc) is 3.09. The largest absolute Gasteiger partial charge is 0.369 e. The summed E-state index contributed by atoms with van der Waals surface area (Å²) in [6.07, 6.45) is 2.31. The van der Waals surface area contributed by atoms with Crippen LogP contribution in [0.1, 0.15) is 12.8 Å². The van der Waals surface area contributed by atoms with E-state index in [1.165, 1.54) is 12.1 Å². The molecule has 0 radical (unpaired) electrons. The fourth-order valence-electron chi connectivity index (χ4n) is 3.58. The first-order valence-corrected chi connectivity index (χ1v) is 9.68. The van der Waals surface area contributed by atoms with Crippen LogP contribution in [0.15, 0.2) is 48.5 Å². The number of anilines is 1. The Morgan fingerprint density at radius 3 is 2.54 bits per heavy atom. The van der Waals surface area contributed by atoms with E-state index < -0.39 is 0 Å². The van der Waals surface area contributed by atoms with E-state index in [0.717, 1.165) is 61.7 Å². The number of aromatic nitrogens is 3. The minimum Gasteiger partial charge on any atom is -0.369 e. The summed E-state index contributed by atoms with van der Waals surface area (Å²) in [6, 6.07) is 16.3. The molecule has 1 aromatic heterocycles. The average molecular weight is 370 g/mol. The lowest BCUT2D eigenvalue weighted by atomic mass is 10.2. The SMILES string of the molecule is Clc1cccc(N2CCN(CCCCn3nnc4ccccc43)CC2)c1. The molecule has 0 amide bonds. The van der Waals surface area contributed by atoms with Crippen LogP contribution in [0.2, 0.25) is 5.02 Å². The van der Waals surface area contributed by atoms with Crippen LogP contribution in [0.3, 0.4) is 0 Å². The Labute approximate surface area is 159 Å². The molecule has 2 aromatic carbocycles. The van der Waals surface area contributed by atoms with E-state index in [2.05, 4.69) is 38.3 Å². The van der Waals surface area contributed by atoms with Gasteiger partial charge in [0.05, 0.1) is 5.52 Å². The van der Waals surface area contributed by atoms with Gasteiger partial charge in [0.1, 0.15) is 5.52 Å². The van der Waals surface area contributed by atoms with Gasteiger partial charge >= 0.3 is 0 Å². The molecule has 1 aliphatic heterocycles. The number of nitrogens with zero attached hydrogens (tertiary/aromatic N) is 5. The number of piperazine rings is 1. The molecule has 2 heterocycles. The molecule has 3 aromatic rings. The number of hydrogen-bond acceptors (Lipinski definition) is 4. The van der Waals surface area contributed by atoms with Gasteiger partial charge in [0, 0.05) is 43.4 Å². The Balaban J connectivity index is 1.20. The van der Waals surface area contributed by atoms with Gasteiger partial charge in [-0.2, -0.15) is 0 Å².